The summed E-state index contributed by atoms with van der Waals surface area (Å²) < 4.78 is 9.68. The predicted octanol–water partition coefficient (Wildman–Crippen LogP) is 2.14. The van der Waals surface area contributed by atoms with Crippen molar-refractivity contribution in [3.05, 3.63) is 30.0 Å². The third-order valence-corrected chi connectivity index (χ3v) is 4.93. The van der Waals surface area contributed by atoms with E-state index in [4.69, 9.17) is 4.74 Å². The second kappa shape index (κ2) is 6.05. The van der Waals surface area contributed by atoms with E-state index in [-0.39, 0.29) is 17.9 Å². The van der Waals surface area contributed by atoms with Crippen LogP contribution < -0.4 is 5.32 Å². The van der Waals surface area contributed by atoms with Gasteiger partial charge in [0.05, 0.1) is 5.92 Å². The van der Waals surface area contributed by atoms with Crippen molar-refractivity contribution >= 4 is 11.7 Å². The molecule has 1 aliphatic heterocycles. The summed E-state index contributed by atoms with van der Waals surface area (Å²) in [5.41, 5.74) is 1.20. The highest BCUT2D eigenvalue weighted by molar-refractivity contribution is 5.92. The number of carbonyl (C=O) groups is 1. The van der Waals surface area contributed by atoms with Gasteiger partial charge in [-0.1, -0.05) is 0 Å². The molecule has 1 aliphatic carbocycles. The van der Waals surface area contributed by atoms with Crippen LogP contribution in [0.5, 0.6) is 0 Å². The number of nitrogens with zero attached hydrogens (tertiary/aromatic N) is 4. The fraction of sp³-hybridized carbons (Fsp3) is 0.588. The molecule has 0 aromatic carbocycles. The summed E-state index contributed by atoms with van der Waals surface area (Å²) in [6.07, 6.45) is 7.42. The van der Waals surface area contributed by atoms with Gasteiger partial charge in [-0.05, 0) is 25.7 Å². The maximum atomic E-state index is 12.8. The van der Waals surface area contributed by atoms with Crippen molar-refractivity contribution in [1.82, 2.24) is 19.3 Å². The number of nitrogens with one attached hydrogen (secondary N) is 1. The van der Waals surface area contributed by atoms with E-state index >= 15 is 0 Å². The normalized spacial score (nSPS) is 24.1. The van der Waals surface area contributed by atoms with Crippen LogP contribution in [0.1, 0.15) is 49.2 Å². The maximum absolute atomic E-state index is 12.8. The molecule has 4 rings (SSSR count). The van der Waals surface area contributed by atoms with Crippen LogP contribution in [0, 0.1) is 5.92 Å². The zero-order valence-electron chi connectivity index (χ0n) is 14.1. The lowest BCUT2D eigenvalue weighted by atomic mass is 9.92. The molecule has 3 heterocycles. The Bertz CT molecular complexity index is 746. The summed E-state index contributed by atoms with van der Waals surface area (Å²) in [5.74, 6) is 1.75. The Morgan fingerprint density at radius 1 is 1.33 bits per heavy atom. The van der Waals surface area contributed by atoms with Gasteiger partial charge in [0.2, 0.25) is 5.91 Å². The number of hydrogen-bond acceptors (Lipinski definition) is 4. The minimum atomic E-state index is -0.301. The summed E-state index contributed by atoms with van der Waals surface area (Å²) in [7, 11) is 3.86. The molecule has 2 aromatic rings. The molecule has 0 radical (unpaired) electrons. The van der Waals surface area contributed by atoms with Gasteiger partial charge >= 0.3 is 0 Å². The number of aromatic nitrogens is 4. The molecule has 128 valence electrons. The number of aryl methyl sites for hydroxylation is 2. The van der Waals surface area contributed by atoms with Gasteiger partial charge in [-0.15, -0.1) is 0 Å². The Kier molecular flexibility index (Phi) is 3.88. The fourth-order valence-corrected chi connectivity index (χ4v) is 3.48. The van der Waals surface area contributed by atoms with Crippen LogP contribution in [0.4, 0.5) is 5.82 Å². The third-order valence-electron chi connectivity index (χ3n) is 4.93. The van der Waals surface area contributed by atoms with Crippen molar-refractivity contribution in [2.45, 2.75) is 37.7 Å². The van der Waals surface area contributed by atoms with Crippen molar-refractivity contribution < 1.29 is 9.53 Å². The highest BCUT2D eigenvalue weighted by Crippen LogP contribution is 2.40. The van der Waals surface area contributed by atoms with Crippen LogP contribution in [0.25, 0.3) is 0 Å². The zero-order valence-corrected chi connectivity index (χ0v) is 14.1. The van der Waals surface area contributed by atoms with Crippen molar-refractivity contribution in [3.8, 4) is 0 Å². The van der Waals surface area contributed by atoms with Gasteiger partial charge in [0, 0.05) is 50.8 Å². The Morgan fingerprint density at radius 2 is 2.17 bits per heavy atom. The number of imidazole rings is 1. The van der Waals surface area contributed by atoms with Crippen LogP contribution in [0.2, 0.25) is 0 Å². The number of hydrogen-bond donors (Lipinski definition) is 1. The van der Waals surface area contributed by atoms with Crippen LogP contribution in [-0.2, 0) is 23.6 Å². The lowest BCUT2D eigenvalue weighted by molar-refractivity contribution is -0.130. The van der Waals surface area contributed by atoms with Gasteiger partial charge < -0.3 is 14.6 Å². The van der Waals surface area contributed by atoms with E-state index < -0.39 is 0 Å². The van der Waals surface area contributed by atoms with Crippen LogP contribution in [-0.4, -0.2) is 31.8 Å². The Morgan fingerprint density at radius 3 is 2.88 bits per heavy atom. The Labute approximate surface area is 141 Å². The smallest absolute Gasteiger partial charge is 0.231 e. The van der Waals surface area contributed by atoms with Crippen LogP contribution in [0.15, 0.2) is 18.5 Å². The fourth-order valence-electron chi connectivity index (χ4n) is 3.48. The topological polar surface area (TPSA) is 74.0 Å². The predicted molar refractivity (Wildman–Crippen MR) is 88.4 cm³/mol. The molecule has 7 nitrogen and oxygen atoms in total. The first-order valence-electron chi connectivity index (χ1n) is 8.57. The van der Waals surface area contributed by atoms with E-state index in [0.717, 1.165) is 18.7 Å². The first kappa shape index (κ1) is 15.4. The standard InChI is InChI=1S/C17H23N5O2/c1-21-8-7-18-16(21)15-12(4-3-9-24-15)17(23)19-14-10-13(11-5-6-11)22(2)20-14/h7-8,10-12,15H,3-6,9H2,1-2H3,(H,19,20,23)/t12-,15-/m1/s1. The van der Waals surface area contributed by atoms with Gasteiger partial charge in [-0.25, -0.2) is 4.98 Å². The minimum absolute atomic E-state index is 0.0388. The molecule has 0 spiro atoms. The minimum Gasteiger partial charge on any atom is -0.369 e. The molecule has 1 amide bonds. The molecule has 2 aromatic heterocycles. The second-order valence-corrected chi connectivity index (χ2v) is 6.78. The lowest BCUT2D eigenvalue weighted by Gasteiger charge is -2.30. The number of amides is 1. The second-order valence-electron chi connectivity index (χ2n) is 6.78. The van der Waals surface area contributed by atoms with E-state index in [1.807, 2.05) is 35.6 Å². The largest absolute Gasteiger partial charge is 0.369 e. The molecule has 24 heavy (non-hydrogen) atoms. The summed E-state index contributed by atoms with van der Waals surface area (Å²) in [4.78, 5) is 17.2. The van der Waals surface area contributed by atoms with Crippen molar-refractivity contribution in [2.75, 3.05) is 11.9 Å². The third kappa shape index (κ3) is 2.84. The first-order chi connectivity index (χ1) is 11.6. The van der Waals surface area contributed by atoms with Gasteiger partial charge in [0.15, 0.2) is 5.82 Å². The number of anilines is 1. The molecule has 0 bridgehead atoms. The molecular formula is C17H23N5O2. The average molecular weight is 329 g/mol. The molecule has 1 N–H and O–H groups in total. The van der Waals surface area contributed by atoms with Crippen molar-refractivity contribution in [3.63, 3.8) is 0 Å². The van der Waals surface area contributed by atoms with Gasteiger partial charge in [0.25, 0.3) is 0 Å². The number of carbonyl (C=O) groups excluding carboxylic acids is 1. The molecule has 0 unspecified atom stereocenters. The van der Waals surface area contributed by atoms with Gasteiger partial charge in [-0.3, -0.25) is 9.48 Å². The molecule has 1 saturated carbocycles. The molecule has 1 saturated heterocycles. The van der Waals surface area contributed by atoms with E-state index in [0.29, 0.717) is 18.3 Å². The molecule has 2 atom stereocenters. The Hall–Kier alpha value is -2.15. The van der Waals surface area contributed by atoms with E-state index in [1.54, 1.807) is 6.20 Å². The van der Waals surface area contributed by atoms with Crippen LogP contribution in [0.3, 0.4) is 0 Å². The summed E-state index contributed by atoms with van der Waals surface area (Å²) in [5, 5.41) is 7.41. The summed E-state index contributed by atoms with van der Waals surface area (Å²) in [6.45, 7) is 0.663. The van der Waals surface area contributed by atoms with E-state index in [9.17, 15) is 4.79 Å². The van der Waals surface area contributed by atoms with E-state index in [1.165, 1.54) is 18.5 Å². The number of rotatable bonds is 4. The first-order valence-corrected chi connectivity index (χ1v) is 8.57. The summed E-state index contributed by atoms with van der Waals surface area (Å²) in [6, 6.07) is 2.00. The maximum Gasteiger partial charge on any atom is 0.231 e. The quantitative estimate of drug-likeness (QED) is 0.932. The molecule has 7 heteroatoms. The highest BCUT2D eigenvalue weighted by Gasteiger charge is 2.36. The lowest BCUT2D eigenvalue weighted by Crippen LogP contribution is -2.34. The average Bonchev–Trinajstić information content (AvgIpc) is 3.23. The van der Waals surface area contributed by atoms with Gasteiger partial charge in [-0.2, -0.15) is 5.10 Å². The molecular weight excluding hydrogens is 306 g/mol. The summed E-state index contributed by atoms with van der Waals surface area (Å²) >= 11 is 0. The highest BCUT2D eigenvalue weighted by atomic mass is 16.5. The molecule has 2 aliphatic rings. The SMILES string of the molecule is Cn1ccnc1[C@@H]1OCCC[C@H]1C(=O)Nc1cc(C2CC2)n(C)n1. The number of ether oxygens (including phenoxy) is 1. The van der Waals surface area contributed by atoms with Crippen molar-refractivity contribution in [1.29, 1.82) is 0 Å². The zero-order chi connectivity index (χ0) is 16.7. The monoisotopic (exact) mass is 329 g/mol. The van der Waals surface area contributed by atoms with Gasteiger partial charge in [0.1, 0.15) is 11.9 Å². The Balaban J connectivity index is 1.51. The van der Waals surface area contributed by atoms with Crippen molar-refractivity contribution in [2.24, 2.45) is 20.0 Å². The molecule has 2 fully saturated rings. The van der Waals surface area contributed by atoms with Crippen LogP contribution >= 0.6 is 0 Å². The van der Waals surface area contributed by atoms with E-state index in [2.05, 4.69) is 15.4 Å².